The van der Waals surface area contributed by atoms with Gasteiger partial charge in [-0.2, -0.15) is 0 Å². The number of nitrogens with zero attached hydrogens (tertiary/aromatic N) is 2. The van der Waals surface area contributed by atoms with Crippen LogP contribution in [0.3, 0.4) is 0 Å². The number of aromatic nitrogens is 1. The lowest BCUT2D eigenvalue weighted by molar-refractivity contribution is 0.0526. The number of hydrogen-bond acceptors (Lipinski definition) is 4. The van der Waals surface area contributed by atoms with Crippen LogP contribution < -0.4 is 4.90 Å². The van der Waals surface area contributed by atoms with Crippen molar-refractivity contribution in [2.75, 3.05) is 24.6 Å². The first-order chi connectivity index (χ1) is 10.1. The van der Waals surface area contributed by atoms with Crippen LogP contribution in [0.15, 0.2) is 24.4 Å². The molecule has 112 valence electrons. The van der Waals surface area contributed by atoms with E-state index in [1.165, 1.54) is 6.20 Å². The first-order valence-corrected chi connectivity index (χ1v) is 7.50. The largest absolute Gasteiger partial charge is 0.462 e. The average molecular weight is 307 g/mol. The molecule has 1 aromatic heterocycles. The second-order valence-electron chi connectivity index (χ2n) is 4.58. The fourth-order valence-electron chi connectivity index (χ4n) is 2.28. The normalized spacial score (nSPS) is 10.7. The van der Waals surface area contributed by atoms with Gasteiger partial charge in [-0.1, -0.05) is 11.6 Å². The number of benzene rings is 1. The monoisotopic (exact) mass is 306 g/mol. The lowest BCUT2D eigenvalue weighted by Gasteiger charge is -2.21. The van der Waals surface area contributed by atoms with Gasteiger partial charge < -0.3 is 9.64 Å². The third kappa shape index (κ3) is 3.10. The van der Waals surface area contributed by atoms with Crippen LogP contribution in [0.25, 0.3) is 10.9 Å². The molecule has 1 aromatic carbocycles. The summed E-state index contributed by atoms with van der Waals surface area (Å²) < 4.78 is 5.00. The van der Waals surface area contributed by atoms with Gasteiger partial charge in [0.1, 0.15) is 0 Å². The van der Waals surface area contributed by atoms with Crippen LogP contribution in [0, 0.1) is 0 Å². The minimum atomic E-state index is -0.440. The van der Waals surface area contributed by atoms with Crippen molar-refractivity contribution in [1.82, 2.24) is 4.98 Å². The van der Waals surface area contributed by atoms with Gasteiger partial charge in [0.25, 0.3) is 0 Å². The van der Waals surface area contributed by atoms with Crippen molar-refractivity contribution in [1.29, 1.82) is 0 Å². The summed E-state index contributed by atoms with van der Waals surface area (Å²) in [5, 5.41) is 1.17. The number of pyridine rings is 1. The van der Waals surface area contributed by atoms with Crippen LogP contribution in [0.5, 0.6) is 0 Å². The zero-order valence-corrected chi connectivity index (χ0v) is 13.3. The molecule has 0 aliphatic heterocycles. The Balaban J connectivity index is 2.54. The second kappa shape index (κ2) is 6.76. The summed E-state index contributed by atoms with van der Waals surface area (Å²) in [6.07, 6.45) is 1.47. The smallest absolute Gasteiger partial charge is 0.341 e. The highest BCUT2D eigenvalue weighted by Gasteiger charge is 2.16. The maximum Gasteiger partial charge on any atom is 0.341 e. The van der Waals surface area contributed by atoms with E-state index < -0.39 is 5.97 Å². The SMILES string of the molecule is CCOC(=O)c1cnc2ccc(N(CC)CC)cc2c1Cl. The van der Waals surface area contributed by atoms with Gasteiger partial charge in [-0.05, 0) is 39.0 Å². The van der Waals surface area contributed by atoms with Gasteiger partial charge in [0.05, 0.1) is 22.7 Å². The van der Waals surface area contributed by atoms with Crippen LogP contribution in [-0.2, 0) is 4.74 Å². The molecule has 0 bridgehead atoms. The molecule has 0 N–H and O–H groups in total. The number of ether oxygens (including phenoxy) is 1. The first-order valence-electron chi connectivity index (χ1n) is 7.12. The van der Waals surface area contributed by atoms with E-state index in [1.54, 1.807) is 6.92 Å². The van der Waals surface area contributed by atoms with E-state index in [-0.39, 0.29) is 0 Å². The molecule has 0 fully saturated rings. The van der Waals surface area contributed by atoms with Crippen molar-refractivity contribution in [2.45, 2.75) is 20.8 Å². The van der Waals surface area contributed by atoms with Gasteiger partial charge in [0, 0.05) is 30.4 Å². The predicted molar refractivity (Wildman–Crippen MR) is 86.3 cm³/mol. The second-order valence-corrected chi connectivity index (χ2v) is 4.96. The van der Waals surface area contributed by atoms with Gasteiger partial charge in [-0.3, -0.25) is 4.98 Å². The highest BCUT2D eigenvalue weighted by Crippen LogP contribution is 2.29. The molecule has 21 heavy (non-hydrogen) atoms. The fourth-order valence-corrected chi connectivity index (χ4v) is 2.56. The number of anilines is 1. The Bertz CT molecular complexity index is 654. The molecule has 0 aliphatic rings. The molecule has 0 amide bonds. The standard InChI is InChI=1S/C16H19ClN2O2/c1-4-19(5-2)11-7-8-14-12(9-11)15(17)13(10-18-14)16(20)21-6-3/h7-10H,4-6H2,1-3H3. The van der Waals surface area contributed by atoms with Crippen molar-refractivity contribution in [3.8, 4) is 0 Å². The van der Waals surface area contributed by atoms with Crippen molar-refractivity contribution in [3.63, 3.8) is 0 Å². The molecule has 2 rings (SSSR count). The zero-order valence-electron chi connectivity index (χ0n) is 12.5. The molecule has 2 aromatic rings. The molecule has 0 aliphatic carbocycles. The predicted octanol–water partition coefficient (Wildman–Crippen LogP) is 3.91. The van der Waals surface area contributed by atoms with E-state index in [2.05, 4.69) is 23.7 Å². The summed E-state index contributed by atoms with van der Waals surface area (Å²) in [5.41, 5.74) is 2.14. The molecule has 1 heterocycles. The van der Waals surface area contributed by atoms with E-state index in [1.807, 2.05) is 18.2 Å². The highest BCUT2D eigenvalue weighted by atomic mass is 35.5. The molecule has 0 radical (unpaired) electrons. The number of esters is 1. The summed E-state index contributed by atoms with van der Waals surface area (Å²) in [6.45, 7) is 8.09. The molecule has 0 unspecified atom stereocenters. The Morgan fingerprint density at radius 1 is 1.29 bits per heavy atom. The Morgan fingerprint density at radius 2 is 2.00 bits per heavy atom. The van der Waals surface area contributed by atoms with Crippen molar-refractivity contribution in [3.05, 3.63) is 35.0 Å². The summed E-state index contributed by atoms with van der Waals surface area (Å²) in [5.74, 6) is -0.440. The number of halogens is 1. The van der Waals surface area contributed by atoms with Crippen LogP contribution in [0.2, 0.25) is 5.02 Å². The Hall–Kier alpha value is -1.81. The highest BCUT2D eigenvalue weighted by molar-refractivity contribution is 6.38. The molecule has 0 saturated heterocycles. The molecule has 0 atom stereocenters. The van der Waals surface area contributed by atoms with Crippen LogP contribution >= 0.6 is 11.6 Å². The van der Waals surface area contributed by atoms with Gasteiger partial charge in [0.2, 0.25) is 0 Å². The Morgan fingerprint density at radius 3 is 2.62 bits per heavy atom. The lowest BCUT2D eigenvalue weighted by atomic mass is 10.1. The van der Waals surface area contributed by atoms with E-state index in [9.17, 15) is 4.79 Å². The molecule has 0 spiro atoms. The van der Waals surface area contributed by atoms with Crippen molar-refractivity contribution >= 4 is 34.2 Å². The number of carbonyl (C=O) groups excluding carboxylic acids is 1. The van der Waals surface area contributed by atoms with E-state index in [0.29, 0.717) is 17.2 Å². The molecule has 0 saturated carbocycles. The van der Waals surface area contributed by atoms with Crippen LogP contribution in [0.1, 0.15) is 31.1 Å². The maximum absolute atomic E-state index is 11.9. The summed E-state index contributed by atoms with van der Waals surface area (Å²) in [6, 6.07) is 5.91. The minimum Gasteiger partial charge on any atom is -0.462 e. The number of hydrogen-bond donors (Lipinski definition) is 0. The third-order valence-corrected chi connectivity index (χ3v) is 3.82. The van der Waals surface area contributed by atoms with Crippen molar-refractivity contribution in [2.24, 2.45) is 0 Å². The summed E-state index contributed by atoms with van der Waals surface area (Å²) in [4.78, 5) is 18.4. The number of rotatable bonds is 5. The van der Waals surface area contributed by atoms with E-state index in [0.717, 1.165) is 29.7 Å². The molecule has 5 heteroatoms. The maximum atomic E-state index is 11.9. The van der Waals surface area contributed by atoms with Crippen LogP contribution in [0.4, 0.5) is 5.69 Å². The van der Waals surface area contributed by atoms with Gasteiger partial charge in [-0.25, -0.2) is 4.79 Å². The third-order valence-electron chi connectivity index (χ3n) is 3.41. The Labute approximate surface area is 129 Å². The summed E-state index contributed by atoms with van der Waals surface area (Å²) >= 11 is 6.38. The van der Waals surface area contributed by atoms with Gasteiger partial charge in [0.15, 0.2) is 0 Å². The van der Waals surface area contributed by atoms with Gasteiger partial charge in [-0.15, -0.1) is 0 Å². The average Bonchev–Trinajstić information content (AvgIpc) is 2.49. The lowest BCUT2D eigenvalue weighted by Crippen LogP contribution is -2.21. The minimum absolute atomic E-state index is 0.308. The quantitative estimate of drug-likeness (QED) is 0.785. The first kappa shape index (κ1) is 15.6. The Kier molecular flexibility index (Phi) is 5.02. The zero-order chi connectivity index (χ0) is 15.4. The number of carbonyl (C=O) groups is 1. The van der Waals surface area contributed by atoms with E-state index in [4.69, 9.17) is 16.3 Å². The molecular weight excluding hydrogens is 288 g/mol. The fraction of sp³-hybridized carbons (Fsp3) is 0.375. The number of fused-ring (bicyclic) bond motifs is 1. The van der Waals surface area contributed by atoms with E-state index >= 15 is 0 Å². The van der Waals surface area contributed by atoms with Crippen LogP contribution in [-0.4, -0.2) is 30.6 Å². The topological polar surface area (TPSA) is 42.4 Å². The molecular formula is C16H19ClN2O2. The van der Waals surface area contributed by atoms with Gasteiger partial charge >= 0.3 is 5.97 Å². The van der Waals surface area contributed by atoms with Crippen molar-refractivity contribution < 1.29 is 9.53 Å². The molecule has 4 nitrogen and oxygen atoms in total. The summed E-state index contributed by atoms with van der Waals surface area (Å²) in [7, 11) is 0.